The van der Waals surface area contributed by atoms with Crippen molar-refractivity contribution in [2.24, 2.45) is 5.92 Å². The summed E-state index contributed by atoms with van der Waals surface area (Å²) in [6.07, 6.45) is 4.00. The van der Waals surface area contributed by atoms with E-state index >= 15 is 0 Å². The summed E-state index contributed by atoms with van der Waals surface area (Å²) in [7, 11) is 0. The Morgan fingerprint density at radius 3 is 2.92 bits per heavy atom. The Balaban J connectivity index is 1.79. The molecule has 0 N–H and O–H groups in total. The molecule has 1 saturated carbocycles. The second kappa shape index (κ2) is 3.39. The summed E-state index contributed by atoms with van der Waals surface area (Å²) in [5.41, 5.74) is 0. The first-order valence-corrected chi connectivity index (χ1v) is 5.05. The zero-order valence-corrected chi connectivity index (χ0v) is 7.93. The average molecular weight is 184 g/mol. The summed E-state index contributed by atoms with van der Waals surface area (Å²) in [6, 6.07) is 0. The van der Waals surface area contributed by atoms with Gasteiger partial charge < -0.3 is 4.74 Å². The van der Waals surface area contributed by atoms with Crippen molar-refractivity contribution in [1.82, 2.24) is 9.36 Å². The summed E-state index contributed by atoms with van der Waals surface area (Å²) < 4.78 is 9.52. The summed E-state index contributed by atoms with van der Waals surface area (Å²) in [5, 5.41) is 0.722. The van der Waals surface area contributed by atoms with E-state index in [1.165, 1.54) is 30.8 Å². The minimum Gasteiger partial charge on any atom is -0.469 e. The van der Waals surface area contributed by atoms with Crippen LogP contribution in [0.3, 0.4) is 0 Å². The fourth-order valence-electron chi connectivity index (χ4n) is 1.19. The van der Waals surface area contributed by atoms with E-state index in [0.29, 0.717) is 0 Å². The van der Waals surface area contributed by atoms with Gasteiger partial charge in [-0.1, -0.05) is 6.42 Å². The topological polar surface area (TPSA) is 35.0 Å². The number of ether oxygens (including phenoxy) is 1. The Morgan fingerprint density at radius 2 is 2.42 bits per heavy atom. The molecule has 66 valence electrons. The molecule has 1 aromatic heterocycles. The molecule has 0 spiro atoms. The molecule has 1 aliphatic rings. The van der Waals surface area contributed by atoms with E-state index in [-0.39, 0.29) is 0 Å². The Hall–Kier alpha value is -0.640. The zero-order valence-electron chi connectivity index (χ0n) is 7.12. The van der Waals surface area contributed by atoms with Gasteiger partial charge in [-0.2, -0.15) is 9.36 Å². The second-order valence-electron chi connectivity index (χ2n) is 3.22. The van der Waals surface area contributed by atoms with Crippen molar-refractivity contribution in [3.8, 4) is 5.19 Å². The van der Waals surface area contributed by atoms with Crippen molar-refractivity contribution in [3.05, 3.63) is 5.82 Å². The predicted octanol–water partition coefficient (Wildman–Crippen LogP) is 2.03. The lowest BCUT2D eigenvalue weighted by Crippen LogP contribution is -2.19. The molecule has 0 amide bonds. The van der Waals surface area contributed by atoms with Crippen LogP contribution in [0.25, 0.3) is 0 Å². The van der Waals surface area contributed by atoms with Crippen molar-refractivity contribution in [2.45, 2.75) is 26.2 Å². The number of rotatable bonds is 3. The van der Waals surface area contributed by atoms with E-state index in [4.69, 9.17) is 4.74 Å². The van der Waals surface area contributed by atoms with Gasteiger partial charge in [0.2, 0.25) is 0 Å². The number of hydrogen-bond donors (Lipinski definition) is 0. The average Bonchev–Trinajstić information content (AvgIpc) is 2.32. The highest BCUT2D eigenvalue weighted by molar-refractivity contribution is 7.07. The molecule has 1 aromatic rings. The van der Waals surface area contributed by atoms with Crippen molar-refractivity contribution in [2.75, 3.05) is 6.61 Å². The van der Waals surface area contributed by atoms with Gasteiger partial charge in [-0.25, -0.2) is 0 Å². The minimum atomic E-state index is 0.722. The van der Waals surface area contributed by atoms with Gasteiger partial charge >= 0.3 is 0 Å². The van der Waals surface area contributed by atoms with Crippen molar-refractivity contribution in [3.63, 3.8) is 0 Å². The largest absolute Gasteiger partial charge is 0.469 e. The Morgan fingerprint density at radius 1 is 1.58 bits per heavy atom. The molecule has 0 atom stereocenters. The molecule has 2 rings (SSSR count). The SMILES string of the molecule is Cc1nsc(OCC2CCC2)n1. The quantitative estimate of drug-likeness (QED) is 0.721. The molecule has 1 fully saturated rings. The van der Waals surface area contributed by atoms with Gasteiger partial charge in [-0.05, 0) is 25.7 Å². The third kappa shape index (κ3) is 1.75. The molecule has 1 aliphatic carbocycles. The molecule has 0 saturated heterocycles. The van der Waals surface area contributed by atoms with Crippen LogP contribution in [0.5, 0.6) is 5.19 Å². The second-order valence-corrected chi connectivity index (χ2v) is 3.93. The maximum absolute atomic E-state index is 5.48. The molecule has 0 unspecified atom stereocenters. The van der Waals surface area contributed by atoms with Gasteiger partial charge in [0.1, 0.15) is 5.82 Å². The predicted molar refractivity (Wildman–Crippen MR) is 47.5 cm³/mol. The Bertz CT molecular complexity index is 257. The van der Waals surface area contributed by atoms with Gasteiger partial charge in [0.25, 0.3) is 5.19 Å². The molecule has 3 nitrogen and oxygen atoms in total. The van der Waals surface area contributed by atoms with Gasteiger partial charge in [0, 0.05) is 11.5 Å². The standard InChI is InChI=1S/C8H12N2OS/c1-6-9-8(12-10-6)11-5-7-3-2-4-7/h7H,2-5H2,1H3. The molecular formula is C8H12N2OS. The maximum Gasteiger partial charge on any atom is 0.293 e. The normalized spacial score (nSPS) is 17.4. The first kappa shape index (κ1) is 7.98. The van der Waals surface area contributed by atoms with Gasteiger partial charge in [0.05, 0.1) is 6.61 Å². The number of nitrogens with zero attached hydrogens (tertiary/aromatic N) is 2. The Labute approximate surface area is 75.9 Å². The lowest BCUT2D eigenvalue weighted by Gasteiger charge is -2.24. The summed E-state index contributed by atoms with van der Waals surface area (Å²) in [4.78, 5) is 4.13. The molecule has 0 aromatic carbocycles. The zero-order chi connectivity index (χ0) is 8.39. The van der Waals surface area contributed by atoms with Crippen LogP contribution >= 0.6 is 11.5 Å². The van der Waals surface area contributed by atoms with E-state index in [2.05, 4.69) is 9.36 Å². The van der Waals surface area contributed by atoms with E-state index in [9.17, 15) is 0 Å². The van der Waals surface area contributed by atoms with E-state index < -0.39 is 0 Å². The molecule has 0 bridgehead atoms. The van der Waals surface area contributed by atoms with Crippen LogP contribution in [-0.4, -0.2) is 16.0 Å². The molecule has 12 heavy (non-hydrogen) atoms. The third-order valence-corrected chi connectivity index (χ3v) is 2.90. The van der Waals surface area contributed by atoms with E-state index in [1.54, 1.807) is 0 Å². The number of aromatic nitrogens is 2. The van der Waals surface area contributed by atoms with Crippen LogP contribution in [0, 0.1) is 12.8 Å². The van der Waals surface area contributed by atoms with Crippen LogP contribution in [0.2, 0.25) is 0 Å². The smallest absolute Gasteiger partial charge is 0.293 e. The molecular weight excluding hydrogens is 172 g/mol. The van der Waals surface area contributed by atoms with Crippen molar-refractivity contribution < 1.29 is 4.74 Å². The summed E-state index contributed by atoms with van der Waals surface area (Å²) in [6.45, 7) is 2.71. The van der Waals surface area contributed by atoms with E-state index in [1.807, 2.05) is 6.92 Å². The molecule has 0 radical (unpaired) electrons. The van der Waals surface area contributed by atoms with Crippen LogP contribution in [-0.2, 0) is 0 Å². The van der Waals surface area contributed by atoms with Crippen LogP contribution in [0.15, 0.2) is 0 Å². The lowest BCUT2D eigenvalue weighted by atomic mass is 9.86. The van der Waals surface area contributed by atoms with Gasteiger partial charge in [-0.15, -0.1) is 0 Å². The summed E-state index contributed by atoms with van der Waals surface area (Å²) in [5.74, 6) is 1.58. The van der Waals surface area contributed by atoms with E-state index in [0.717, 1.165) is 23.5 Å². The van der Waals surface area contributed by atoms with Crippen LogP contribution < -0.4 is 4.74 Å². The van der Waals surface area contributed by atoms with Crippen molar-refractivity contribution >= 4 is 11.5 Å². The van der Waals surface area contributed by atoms with Crippen LogP contribution in [0.4, 0.5) is 0 Å². The molecule has 1 heterocycles. The Kier molecular flexibility index (Phi) is 2.26. The van der Waals surface area contributed by atoms with Crippen molar-refractivity contribution in [1.29, 1.82) is 0 Å². The van der Waals surface area contributed by atoms with Gasteiger partial charge in [-0.3, -0.25) is 0 Å². The fourth-order valence-corrected chi connectivity index (χ4v) is 1.73. The fraction of sp³-hybridized carbons (Fsp3) is 0.750. The first-order chi connectivity index (χ1) is 5.84. The summed E-state index contributed by atoms with van der Waals surface area (Å²) >= 11 is 1.34. The van der Waals surface area contributed by atoms with Crippen LogP contribution in [0.1, 0.15) is 25.1 Å². The third-order valence-electron chi connectivity index (χ3n) is 2.18. The number of aryl methyl sites for hydroxylation is 1. The molecule has 0 aliphatic heterocycles. The maximum atomic E-state index is 5.48. The minimum absolute atomic E-state index is 0.722. The highest BCUT2D eigenvalue weighted by atomic mass is 32.1. The first-order valence-electron chi connectivity index (χ1n) is 4.28. The van der Waals surface area contributed by atoms with Gasteiger partial charge in [0.15, 0.2) is 0 Å². The molecule has 4 heteroatoms. The number of hydrogen-bond acceptors (Lipinski definition) is 4. The highest BCUT2D eigenvalue weighted by Gasteiger charge is 2.18. The monoisotopic (exact) mass is 184 g/mol. The highest BCUT2D eigenvalue weighted by Crippen LogP contribution is 2.27. The lowest BCUT2D eigenvalue weighted by molar-refractivity contribution is 0.180.